The van der Waals surface area contributed by atoms with E-state index in [0.29, 0.717) is 5.95 Å². The zero-order chi connectivity index (χ0) is 11.4. The number of hydrogen-bond acceptors (Lipinski definition) is 4. The fourth-order valence-corrected chi connectivity index (χ4v) is 1.60. The molecule has 0 unspecified atom stereocenters. The highest BCUT2D eigenvalue weighted by atomic mass is 15.2. The van der Waals surface area contributed by atoms with Crippen LogP contribution in [-0.4, -0.2) is 16.5 Å². The fourth-order valence-electron chi connectivity index (χ4n) is 1.60. The van der Waals surface area contributed by atoms with Gasteiger partial charge in [-0.1, -0.05) is 18.2 Å². The van der Waals surface area contributed by atoms with Gasteiger partial charge >= 0.3 is 0 Å². The van der Waals surface area contributed by atoms with Crippen LogP contribution in [0.5, 0.6) is 0 Å². The summed E-state index contributed by atoms with van der Waals surface area (Å²) in [5.41, 5.74) is 6.68. The fraction of sp³-hybridized carbons (Fsp3) is 0.167. The number of aromatic nitrogens is 2. The van der Waals surface area contributed by atoms with Gasteiger partial charge in [-0.15, -0.1) is 0 Å². The molecule has 0 saturated carbocycles. The molecular weight excluding hydrogens is 200 g/mol. The zero-order valence-corrected chi connectivity index (χ0v) is 9.17. The highest BCUT2D eigenvalue weighted by Gasteiger charge is 2.07. The average molecular weight is 214 g/mol. The third-order valence-corrected chi connectivity index (χ3v) is 2.32. The van der Waals surface area contributed by atoms with E-state index in [1.54, 1.807) is 6.20 Å². The Morgan fingerprint density at radius 3 is 2.56 bits per heavy atom. The van der Waals surface area contributed by atoms with E-state index in [1.165, 1.54) is 0 Å². The van der Waals surface area contributed by atoms with Gasteiger partial charge in [0.2, 0.25) is 5.95 Å². The van der Waals surface area contributed by atoms with Crippen LogP contribution in [-0.2, 0) is 0 Å². The van der Waals surface area contributed by atoms with Crippen molar-refractivity contribution < 1.29 is 0 Å². The molecule has 2 N–H and O–H groups in total. The Balaban J connectivity index is 2.37. The van der Waals surface area contributed by atoms with Crippen LogP contribution in [0.25, 0.3) is 0 Å². The molecule has 1 aromatic carbocycles. The minimum Gasteiger partial charge on any atom is -0.368 e. The molecule has 0 saturated heterocycles. The molecule has 1 heterocycles. The van der Waals surface area contributed by atoms with E-state index in [-0.39, 0.29) is 0 Å². The molecule has 82 valence electrons. The first-order chi connectivity index (χ1) is 7.81. The maximum atomic E-state index is 5.58. The molecule has 0 atom stereocenters. The van der Waals surface area contributed by atoms with Gasteiger partial charge in [0, 0.05) is 18.4 Å². The van der Waals surface area contributed by atoms with Crippen LogP contribution in [0.15, 0.2) is 42.6 Å². The smallest absolute Gasteiger partial charge is 0.221 e. The SMILES string of the molecule is CCN(c1ccccc1)c1ccnc(N)n1. The first-order valence-electron chi connectivity index (χ1n) is 5.22. The molecule has 0 radical (unpaired) electrons. The summed E-state index contributed by atoms with van der Waals surface area (Å²) in [6.07, 6.45) is 1.67. The van der Waals surface area contributed by atoms with E-state index in [4.69, 9.17) is 5.73 Å². The summed E-state index contributed by atoms with van der Waals surface area (Å²) >= 11 is 0. The molecule has 2 aromatic rings. The van der Waals surface area contributed by atoms with Crippen molar-refractivity contribution in [1.82, 2.24) is 9.97 Å². The van der Waals surface area contributed by atoms with Gasteiger partial charge < -0.3 is 10.6 Å². The van der Waals surface area contributed by atoms with Gasteiger partial charge in [0.05, 0.1) is 0 Å². The molecule has 0 aliphatic rings. The monoisotopic (exact) mass is 214 g/mol. The Bertz CT molecular complexity index is 456. The first kappa shape index (κ1) is 10.4. The lowest BCUT2D eigenvalue weighted by Crippen LogP contribution is -2.17. The van der Waals surface area contributed by atoms with E-state index in [9.17, 15) is 0 Å². The van der Waals surface area contributed by atoms with Crippen molar-refractivity contribution in [2.24, 2.45) is 0 Å². The number of hydrogen-bond donors (Lipinski definition) is 1. The molecule has 1 aromatic heterocycles. The Kier molecular flexibility index (Phi) is 3.00. The Morgan fingerprint density at radius 2 is 1.94 bits per heavy atom. The largest absolute Gasteiger partial charge is 0.368 e. The van der Waals surface area contributed by atoms with E-state index >= 15 is 0 Å². The second-order valence-corrected chi connectivity index (χ2v) is 3.35. The second kappa shape index (κ2) is 4.61. The summed E-state index contributed by atoms with van der Waals surface area (Å²) in [5.74, 6) is 1.12. The molecule has 4 heteroatoms. The lowest BCUT2D eigenvalue weighted by atomic mass is 10.3. The normalized spacial score (nSPS) is 10.1. The number of rotatable bonds is 3. The summed E-state index contributed by atoms with van der Waals surface area (Å²) < 4.78 is 0. The number of para-hydroxylation sites is 1. The summed E-state index contributed by atoms with van der Waals surface area (Å²) in [5, 5.41) is 0. The third kappa shape index (κ3) is 2.11. The molecule has 0 amide bonds. The number of nitrogens with two attached hydrogens (primary N) is 1. The van der Waals surface area contributed by atoms with E-state index in [1.807, 2.05) is 36.4 Å². The minimum atomic E-state index is 0.298. The molecular formula is C12H14N4. The number of benzene rings is 1. The highest BCUT2D eigenvalue weighted by Crippen LogP contribution is 2.22. The average Bonchev–Trinajstić information content (AvgIpc) is 2.31. The van der Waals surface area contributed by atoms with Gasteiger partial charge in [0.15, 0.2) is 0 Å². The predicted molar refractivity (Wildman–Crippen MR) is 65.6 cm³/mol. The number of nitrogen functional groups attached to an aromatic ring is 1. The summed E-state index contributed by atoms with van der Waals surface area (Å²) in [6, 6.07) is 11.9. The number of nitrogens with zero attached hydrogens (tertiary/aromatic N) is 3. The molecule has 0 bridgehead atoms. The van der Waals surface area contributed by atoms with Crippen molar-refractivity contribution in [3.8, 4) is 0 Å². The van der Waals surface area contributed by atoms with Gasteiger partial charge in [0.25, 0.3) is 0 Å². The molecule has 16 heavy (non-hydrogen) atoms. The lowest BCUT2D eigenvalue weighted by Gasteiger charge is -2.21. The summed E-state index contributed by atoms with van der Waals surface area (Å²) in [6.45, 7) is 2.91. The zero-order valence-electron chi connectivity index (χ0n) is 9.17. The lowest BCUT2D eigenvalue weighted by molar-refractivity contribution is 0.981. The first-order valence-corrected chi connectivity index (χ1v) is 5.22. The molecule has 0 aliphatic heterocycles. The van der Waals surface area contributed by atoms with Crippen LogP contribution in [0, 0.1) is 0 Å². The maximum absolute atomic E-state index is 5.58. The maximum Gasteiger partial charge on any atom is 0.221 e. The highest BCUT2D eigenvalue weighted by molar-refractivity contribution is 5.59. The van der Waals surface area contributed by atoms with E-state index in [2.05, 4.69) is 21.8 Å². The van der Waals surface area contributed by atoms with E-state index < -0.39 is 0 Å². The Labute approximate surface area is 94.8 Å². The molecule has 0 aliphatic carbocycles. The quantitative estimate of drug-likeness (QED) is 0.851. The minimum absolute atomic E-state index is 0.298. The van der Waals surface area contributed by atoms with Crippen molar-refractivity contribution in [2.45, 2.75) is 6.92 Å². The van der Waals surface area contributed by atoms with Crippen molar-refractivity contribution in [2.75, 3.05) is 17.2 Å². The van der Waals surface area contributed by atoms with Gasteiger partial charge in [-0.2, -0.15) is 4.98 Å². The second-order valence-electron chi connectivity index (χ2n) is 3.35. The van der Waals surface area contributed by atoms with Gasteiger partial charge in [-0.25, -0.2) is 4.98 Å². The predicted octanol–water partition coefficient (Wildman–Crippen LogP) is 2.22. The summed E-state index contributed by atoms with van der Waals surface area (Å²) in [4.78, 5) is 10.2. The topological polar surface area (TPSA) is 55.0 Å². The summed E-state index contributed by atoms with van der Waals surface area (Å²) in [7, 11) is 0. The van der Waals surface area contributed by atoms with E-state index in [0.717, 1.165) is 18.1 Å². The Morgan fingerprint density at radius 1 is 1.19 bits per heavy atom. The molecule has 0 spiro atoms. The third-order valence-electron chi connectivity index (χ3n) is 2.32. The van der Waals surface area contributed by atoms with Crippen LogP contribution < -0.4 is 10.6 Å². The van der Waals surface area contributed by atoms with Gasteiger partial charge in [-0.3, -0.25) is 0 Å². The van der Waals surface area contributed by atoms with Crippen molar-refractivity contribution in [3.63, 3.8) is 0 Å². The molecule has 4 nitrogen and oxygen atoms in total. The van der Waals surface area contributed by atoms with Crippen LogP contribution >= 0.6 is 0 Å². The van der Waals surface area contributed by atoms with Crippen molar-refractivity contribution >= 4 is 17.5 Å². The Hall–Kier alpha value is -2.10. The number of anilines is 3. The van der Waals surface area contributed by atoms with Crippen LogP contribution in [0.1, 0.15) is 6.92 Å². The van der Waals surface area contributed by atoms with Crippen LogP contribution in [0.2, 0.25) is 0 Å². The van der Waals surface area contributed by atoms with Crippen LogP contribution in [0.3, 0.4) is 0 Å². The van der Waals surface area contributed by atoms with Crippen LogP contribution in [0.4, 0.5) is 17.5 Å². The molecule has 2 rings (SSSR count). The van der Waals surface area contributed by atoms with Crippen molar-refractivity contribution in [1.29, 1.82) is 0 Å². The van der Waals surface area contributed by atoms with Crippen molar-refractivity contribution in [3.05, 3.63) is 42.6 Å². The molecule has 0 fully saturated rings. The standard InChI is InChI=1S/C12H14N4/c1-2-16(10-6-4-3-5-7-10)11-8-9-14-12(13)15-11/h3-9H,2H2,1H3,(H2,13,14,15). The van der Waals surface area contributed by atoms with Gasteiger partial charge in [-0.05, 0) is 25.1 Å². The van der Waals surface area contributed by atoms with Gasteiger partial charge in [0.1, 0.15) is 5.82 Å².